The number of benzene rings is 1. The lowest BCUT2D eigenvalue weighted by Gasteiger charge is -2.16. The average Bonchev–Trinajstić information content (AvgIpc) is 2.47. The van der Waals surface area contributed by atoms with Crippen molar-refractivity contribution in [2.45, 2.75) is 13.0 Å². The molecular formula is C15H20N4. The summed E-state index contributed by atoms with van der Waals surface area (Å²) in [5.74, 6) is 0.774. The fourth-order valence-electron chi connectivity index (χ4n) is 1.88. The first kappa shape index (κ1) is 13.5. The van der Waals surface area contributed by atoms with Crippen LogP contribution in [0, 0.1) is 0 Å². The highest BCUT2D eigenvalue weighted by Crippen LogP contribution is 2.07. The number of anilines is 1. The molecule has 4 nitrogen and oxygen atoms in total. The summed E-state index contributed by atoms with van der Waals surface area (Å²) in [6.45, 7) is 1.71. The van der Waals surface area contributed by atoms with E-state index in [0.717, 1.165) is 31.0 Å². The van der Waals surface area contributed by atoms with Crippen LogP contribution < -0.4 is 10.2 Å². The van der Waals surface area contributed by atoms with E-state index in [1.54, 1.807) is 0 Å². The van der Waals surface area contributed by atoms with Gasteiger partial charge >= 0.3 is 0 Å². The lowest BCUT2D eigenvalue weighted by Crippen LogP contribution is -2.22. The monoisotopic (exact) mass is 256 g/mol. The van der Waals surface area contributed by atoms with Gasteiger partial charge in [0.25, 0.3) is 0 Å². The van der Waals surface area contributed by atoms with Gasteiger partial charge in [-0.3, -0.25) is 0 Å². The van der Waals surface area contributed by atoms with E-state index < -0.39 is 0 Å². The molecule has 1 heterocycles. The van der Waals surface area contributed by atoms with Crippen molar-refractivity contribution in [2.24, 2.45) is 0 Å². The van der Waals surface area contributed by atoms with E-state index in [1.165, 1.54) is 5.56 Å². The largest absolute Gasteiger partial charge is 0.344 e. The van der Waals surface area contributed by atoms with Crippen LogP contribution in [-0.4, -0.2) is 30.6 Å². The zero-order chi connectivity index (χ0) is 13.5. The Morgan fingerprint density at radius 3 is 2.37 bits per heavy atom. The van der Waals surface area contributed by atoms with Gasteiger partial charge in [-0.25, -0.2) is 9.97 Å². The summed E-state index contributed by atoms with van der Waals surface area (Å²) < 4.78 is 0. The summed E-state index contributed by atoms with van der Waals surface area (Å²) in [4.78, 5) is 10.8. The fraction of sp³-hybridized carbons (Fsp3) is 0.333. The third-order valence-corrected chi connectivity index (χ3v) is 2.99. The molecule has 2 rings (SSSR count). The van der Waals surface area contributed by atoms with Gasteiger partial charge in [-0.2, -0.15) is 0 Å². The molecule has 1 aromatic heterocycles. The molecule has 0 unspecified atom stereocenters. The molecule has 0 bridgehead atoms. The number of rotatable bonds is 6. The van der Waals surface area contributed by atoms with Gasteiger partial charge in [0.05, 0.1) is 0 Å². The van der Waals surface area contributed by atoms with Gasteiger partial charge < -0.3 is 10.2 Å². The molecule has 1 N–H and O–H groups in total. The normalized spacial score (nSPS) is 10.4. The number of likely N-dealkylation sites (N-methyl/N-ethyl adjacent to an activating group) is 1. The third kappa shape index (κ3) is 4.03. The van der Waals surface area contributed by atoms with Gasteiger partial charge in [0.15, 0.2) is 0 Å². The van der Waals surface area contributed by atoms with E-state index in [9.17, 15) is 0 Å². The van der Waals surface area contributed by atoms with Gasteiger partial charge in [0.1, 0.15) is 0 Å². The molecule has 100 valence electrons. The predicted molar refractivity (Wildman–Crippen MR) is 78.2 cm³/mol. The van der Waals surface area contributed by atoms with Crippen molar-refractivity contribution in [2.75, 3.05) is 25.5 Å². The highest BCUT2D eigenvalue weighted by Gasteiger charge is 2.04. The second-order valence-electron chi connectivity index (χ2n) is 4.58. The van der Waals surface area contributed by atoms with E-state index in [4.69, 9.17) is 0 Å². The molecule has 0 aliphatic heterocycles. The van der Waals surface area contributed by atoms with Gasteiger partial charge in [-0.1, -0.05) is 30.3 Å². The van der Waals surface area contributed by atoms with Gasteiger partial charge in [0, 0.05) is 38.1 Å². The van der Waals surface area contributed by atoms with Crippen molar-refractivity contribution in [3.8, 4) is 0 Å². The lowest BCUT2D eigenvalue weighted by atomic mass is 10.1. The van der Waals surface area contributed by atoms with Crippen molar-refractivity contribution < 1.29 is 0 Å². The van der Waals surface area contributed by atoms with Gasteiger partial charge in [-0.15, -0.1) is 0 Å². The van der Waals surface area contributed by atoms with Crippen LogP contribution in [0.1, 0.15) is 11.1 Å². The van der Waals surface area contributed by atoms with Gasteiger partial charge in [0.2, 0.25) is 5.95 Å². The van der Waals surface area contributed by atoms with Crippen molar-refractivity contribution in [1.82, 2.24) is 15.3 Å². The topological polar surface area (TPSA) is 41.1 Å². The Labute approximate surface area is 114 Å². The molecule has 0 spiro atoms. The summed E-state index contributed by atoms with van der Waals surface area (Å²) in [5.41, 5.74) is 2.43. The third-order valence-electron chi connectivity index (χ3n) is 2.99. The highest BCUT2D eigenvalue weighted by molar-refractivity contribution is 5.29. The number of nitrogens with one attached hydrogen (secondary N) is 1. The van der Waals surface area contributed by atoms with Crippen LogP contribution in [0.4, 0.5) is 5.95 Å². The molecule has 0 aliphatic rings. The van der Waals surface area contributed by atoms with Crippen LogP contribution in [-0.2, 0) is 13.0 Å². The van der Waals surface area contributed by atoms with Crippen molar-refractivity contribution >= 4 is 5.95 Å². The summed E-state index contributed by atoms with van der Waals surface area (Å²) in [6, 6.07) is 10.5. The molecule has 0 fully saturated rings. The SMILES string of the molecule is CNCc1cnc(N(C)CCc2ccccc2)nc1. The maximum absolute atomic E-state index is 4.38. The van der Waals surface area contributed by atoms with Gasteiger partial charge in [-0.05, 0) is 19.0 Å². The van der Waals surface area contributed by atoms with E-state index in [0.29, 0.717) is 0 Å². The maximum Gasteiger partial charge on any atom is 0.225 e. The Kier molecular flexibility index (Phi) is 4.86. The van der Waals surface area contributed by atoms with E-state index in [1.807, 2.05) is 32.6 Å². The second-order valence-corrected chi connectivity index (χ2v) is 4.58. The van der Waals surface area contributed by atoms with Crippen LogP contribution in [0.25, 0.3) is 0 Å². The first-order valence-corrected chi connectivity index (χ1v) is 6.50. The Balaban J connectivity index is 1.90. The Morgan fingerprint density at radius 1 is 1.05 bits per heavy atom. The zero-order valence-electron chi connectivity index (χ0n) is 11.5. The molecule has 0 atom stereocenters. The van der Waals surface area contributed by atoms with Crippen LogP contribution in [0.5, 0.6) is 0 Å². The van der Waals surface area contributed by atoms with Crippen molar-refractivity contribution in [3.63, 3.8) is 0 Å². The Hall–Kier alpha value is -1.94. The summed E-state index contributed by atoms with van der Waals surface area (Å²) in [7, 11) is 3.94. The molecular weight excluding hydrogens is 236 g/mol. The van der Waals surface area contributed by atoms with Crippen molar-refractivity contribution in [3.05, 3.63) is 53.9 Å². The van der Waals surface area contributed by atoms with Crippen LogP contribution >= 0.6 is 0 Å². The first-order valence-electron chi connectivity index (χ1n) is 6.50. The van der Waals surface area contributed by atoms with E-state index in [2.05, 4.69) is 44.5 Å². The number of nitrogens with zero attached hydrogens (tertiary/aromatic N) is 3. The van der Waals surface area contributed by atoms with Crippen LogP contribution in [0.2, 0.25) is 0 Å². The minimum Gasteiger partial charge on any atom is -0.344 e. The quantitative estimate of drug-likeness (QED) is 0.856. The first-order chi connectivity index (χ1) is 9.29. The second kappa shape index (κ2) is 6.85. The molecule has 0 radical (unpaired) electrons. The smallest absolute Gasteiger partial charge is 0.225 e. The lowest BCUT2D eigenvalue weighted by molar-refractivity contribution is 0.793. The average molecular weight is 256 g/mol. The summed E-state index contributed by atoms with van der Waals surface area (Å²) in [5, 5.41) is 3.09. The molecule has 0 aliphatic carbocycles. The molecule has 0 amide bonds. The fourth-order valence-corrected chi connectivity index (χ4v) is 1.88. The number of aromatic nitrogens is 2. The highest BCUT2D eigenvalue weighted by atomic mass is 15.2. The maximum atomic E-state index is 4.38. The number of hydrogen-bond donors (Lipinski definition) is 1. The predicted octanol–water partition coefficient (Wildman–Crippen LogP) is 1.87. The Bertz CT molecular complexity index is 481. The Morgan fingerprint density at radius 2 is 1.74 bits per heavy atom. The molecule has 1 aromatic carbocycles. The van der Waals surface area contributed by atoms with Crippen molar-refractivity contribution in [1.29, 1.82) is 0 Å². The zero-order valence-corrected chi connectivity index (χ0v) is 11.5. The minimum atomic E-state index is 0.774. The summed E-state index contributed by atoms with van der Waals surface area (Å²) >= 11 is 0. The van der Waals surface area contributed by atoms with Crippen LogP contribution in [0.3, 0.4) is 0 Å². The minimum absolute atomic E-state index is 0.774. The molecule has 19 heavy (non-hydrogen) atoms. The standard InChI is InChI=1S/C15H20N4/c1-16-10-14-11-17-15(18-12-14)19(2)9-8-13-6-4-3-5-7-13/h3-7,11-12,16H,8-10H2,1-2H3. The van der Waals surface area contributed by atoms with E-state index in [-0.39, 0.29) is 0 Å². The van der Waals surface area contributed by atoms with Crippen LogP contribution in [0.15, 0.2) is 42.7 Å². The number of hydrogen-bond acceptors (Lipinski definition) is 4. The molecule has 0 saturated carbocycles. The van der Waals surface area contributed by atoms with E-state index >= 15 is 0 Å². The molecule has 2 aromatic rings. The molecule has 0 saturated heterocycles. The summed E-state index contributed by atoms with van der Waals surface area (Å²) in [6.07, 6.45) is 4.74. The molecule has 4 heteroatoms.